The Morgan fingerprint density at radius 1 is 1.23 bits per heavy atom. The molecule has 0 bridgehead atoms. The van der Waals surface area contributed by atoms with Crippen LogP contribution in [0.15, 0.2) is 21.9 Å². The molecule has 0 unspecified atom stereocenters. The molecule has 140 valence electrons. The molecule has 0 radical (unpaired) electrons. The highest BCUT2D eigenvalue weighted by molar-refractivity contribution is 5.88. The van der Waals surface area contributed by atoms with Gasteiger partial charge in [0.2, 0.25) is 0 Å². The van der Waals surface area contributed by atoms with E-state index in [1.54, 1.807) is 26.2 Å². The van der Waals surface area contributed by atoms with Gasteiger partial charge in [0.1, 0.15) is 5.69 Å². The van der Waals surface area contributed by atoms with Gasteiger partial charge in [-0.25, -0.2) is 14.3 Å². The molecular formula is C16H22N6O4. The number of anilines is 1. The molecule has 0 amide bonds. The van der Waals surface area contributed by atoms with Crippen molar-refractivity contribution in [3.05, 3.63) is 44.5 Å². The van der Waals surface area contributed by atoms with Gasteiger partial charge in [0, 0.05) is 45.8 Å². The van der Waals surface area contributed by atoms with Crippen molar-refractivity contribution in [3.8, 4) is 0 Å². The average molecular weight is 362 g/mol. The van der Waals surface area contributed by atoms with Crippen molar-refractivity contribution < 1.29 is 9.53 Å². The van der Waals surface area contributed by atoms with Crippen molar-refractivity contribution in [2.45, 2.75) is 13.5 Å². The summed E-state index contributed by atoms with van der Waals surface area (Å²) < 4.78 is 6.26. The molecule has 2 N–H and O–H groups in total. The Hall–Kier alpha value is -2.88. The van der Waals surface area contributed by atoms with Gasteiger partial charge in [-0.05, 0) is 6.92 Å². The first-order valence-corrected chi connectivity index (χ1v) is 8.47. The number of imidazole rings is 1. The second-order valence-electron chi connectivity index (χ2n) is 6.09. The number of carbonyl (C=O) groups is 1. The molecule has 26 heavy (non-hydrogen) atoms. The summed E-state index contributed by atoms with van der Waals surface area (Å²) in [5.41, 5.74) is 0.934. The number of H-pyrrole nitrogens is 2. The maximum Gasteiger partial charge on any atom is 0.356 e. The van der Waals surface area contributed by atoms with E-state index in [0.717, 1.165) is 31.9 Å². The molecule has 0 spiro atoms. The molecule has 2 aromatic rings. The number of aromatic nitrogens is 4. The van der Waals surface area contributed by atoms with Gasteiger partial charge in [-0.2, -0.15) is 5.10 Å². The number of rotatable bonds is 5. The van der Waals surface area contributed by atoms with Gasteiger partial charge in [-0.15, -0.1) is 0 Å². The number of esters is 1. The lowest BCUT2D eigenvalue weighted by Gasteiger charge is -2.35. The van der Waals surface area contributed by atoms with E-state index in [2.05, 4.69) is 24.9 Å². The third-order valence-electron chi connectivity index (χ3n) is 4.36. The van der Waals surface area contributed by atoms with Crippen LogP contribution in [0.4, 0.5) is 5.69 Å². The Kier molecular flexibility index (Phi) is 5.21. The first-order valence-electron chi connectivity index (χ1n) is 8.47. The number of ether oxygens (including phenoxy) is 1. The van der Waals surface area contributed by atoms with E-state index in [1.165, 1.54) is 4.68 Å². The molecule has 0 aromatic carbocycles. The molecule has 0 atom stereocenters. The van der Waals surface area contributed by atoms with Crippen molar-refractivity contribution >= 4 is 11.7 Å². The molecule has 1 saturated heterocycles. The smallest absolute Gasteiger partial charge is 0.356 e. The predicted molar refractivity (Wildman–Crippen MR) is 94.3 cm³/mol. The van der Waals surface area contributed by atoms with E-state index < -0.39 is 11.7 Å². The first kappa shape index (κ1) is 17.9. The van der Waals surface area contributed by atoms with E-state index in [9.17, 15) is 14.4 Å². The normalized spacial score (nSPS) is 15.2. The lowest BCUT2D eigenvalue weighted by atomic mass is 10.2. The van der Waals surface area contributed by atoms with Crippen LogP contribution in [0, 0.1) is 0 Å². The maximum atomic E-state index is 11.9. The summed E-state index contributed by atoms with van der Waals surface area (Å²) in [6.45, 7) is 5.30. The number of hydrogen-bond acceptors (Lipinski definition) is 7. The number of hydrogen-bond donors (Lipinski definition) is 2. The highest BCUT2D eigenvalue weighted by Crippen LogP contribution is 2.15. The molecule has 3 heterocycles. The van der Waals surface area contributed by atoms with Crippen molar-refractivity contribution in [3.63, 3.8) is 0 Å². The number of nitrogens with one attached hydrogen (secondary N) is 2. The third kappa shape index (κ3) is 3.85. The van der Waals surface area contributed by atoms with Gasteiger partial charge < -0.3 is 14.6 Å². The topological polar surface area (TPSA) is 116 Å². The van der Waals surface area contributed by atoms with Crippen LogP contribution in [0.2, 0.25) is 0 Å². The number of piperazine rings is 1. The van der Waals surface area contributed by atoms with Crippen LogP contribution in [-0.4, -0.2) is 63.4 Å². The second kappa shape index (κ2) is 7.56. The number of carbonyl (C=O) groups excluding carboxylic acids is 1. The number of aryl methyl sites for hydroxylation is 1. The van der Waals surface area contributed by atoms with Crippen LogP contribution in [-0.2, 0) is 18.3 Å². The molecule has 0 saturated carbocycles. The van der Waals surface area contributed by atoms with Gasteiger partial charge in [-0.3, -0.25) is 14.7 Å². The molecule has 3 rings (SSSR count). The maximum absolute atomic E-state index is 11.9. The molecular weight excluding hydrogens is 340 g/mol. The molecule has 1 fully saturated rings. The fourth-order valence-corrected chi connectivity index (χ4v) is 2.94. The minimum Gasteiger partial charge on any atom is -0.461 e. The molecule has 10 heteroatoms. The minimum absolute atomic E-state index is 0.145. The fraction of sp³-hybridized carbons (Fsp3) is 0.500. The van der Waals surface area contributed by atoms with Gasteiger partial charge in [0.25, 0.3) is 5.56 Å². The van der Waals surface area contributed by atoms with Gasteiger partial charge in [0.15, 0.2) is 0 Å². The molecule has 1 aliphatic heterocycles. The van der Waals surface area contributed by atoms with Crippen molar-refractivity contribution in [1.29, 1.82) is 0 Å². The van der Waals surface area contributed by atoms with E-state index in [4.69, 9.17) is 4.74 Å². The van der Waals surface area contributed by atoms with E-state index in [1.807, 2.05) is 0 Å². The average Bonchev–Trinajstić information content (AvgIpc) is 2.99. The molecule has 10 nitrogen and oxygen atoms in total. The van der Waals surface area contributed by atoms with Crippen LogP contribution in [0.1, 0.15) is 23.1 Å². The largest absolute Gasteiger partial charge is 0.461 e. The Morgan fingerprint density at radius 3 is 2.62 bits per heavy atom. The SMILES string of the molecule is CCOC(=O)c1[nH]c(=O)[nH]c1CN1CCN(c2cnn(C)c(=O)c2)CC1. The lowest BCUT2D eigenvalue weighted by molar-refractivity contribution is 0.0517. The van der Waals surface area contributed by atoms with E-state index >= 15 is 0 Å². The van der Waals surface area contributed by atoms with Crippen LogP contribution in [0.3, 0.4) is 0 Å². The van der Waals surface area contributed by atoms with E-state index in [-0.39, 0.29) is 17.9 Å². The van der Waals surface area contributed by atoms with Crippen molar-refractivity contribution in [2.24, 2.45) is 7.05 Å². The molecule has 0 aliphatic carbocycles. The first-order chi connectivity index (χ1) is 12.5. The summed E-state index contributed by atoms with van der Waals surface area (Å²) in [7, 11) is 1.61. The Bertz CT molecular complexity index is 891. The second-order valence-corrected chi connectivity index (χ2v) is 6.09. The predicted octanol–water partition coefficient (Wildman–Crippen LogP) is -0.704. The van der Waals surface area contributed by atoms with Crippen LogP contribution < -0.4 is 16.1 Å². The number of aromatic amines is 2. The van der Waals surface area contributed by atoms with Crippen molar-refractivity contribution in [1.82, 2.24) is 24.6 Å². The zero-order chi connectivity index (χ0) is 18.7. The number of nitrogens with zero attached hydrogens (tertiary/aromatic N) is 4. The summed E-state index contributed by atoms with van der Waals surface area (Å²) in [6.07, 6.45) is 1.68. The summed E-state index contributed by atoms with van der Waals surface area (Å²) >= 11 is 0. The summed E-state index contributed by atoms with van der Waals surface area (Å²) in [4.78, 5) is 44.6. The highest BCUT2D eigenvalue weighted by atomic mass is 16.5. The monoisotopic (exact) mass is 362 g/mol. The van der Waals surface area contributed by atoms with Gasteiger partial charge >= 0.3 is 11.7 Å². The van der Waals surface area contributed by atoms with Gasteiger partial charge in [0.05, 0.1) is 24.2 Å². The van der Waals surface area contributed by atoms with Crippen molar-refractivity contribution in [2.75, 3.05) is 37.7 Å². The lowest BCUT2D eigenvalue weighted by Crippen LogP contribution is -2.46. The quantitative estimate of drug-likeness (QED) is 0.675. The molecule has 1 aliphatic rings. The van der Waals surface area contributed by atoms with E-state index in [0.29, 0.717) is 12.2 Å². The summed E-state index contributed by atoms with van der Waals surface area (Å²) in [6, 6.07) is 1.57. The summed E-state index contributed by atoms with van der Waals surface area (Å²) in [5, 5.41) is 4.05. The van der Waals surface area contributed by atoms with Crippen LogP contribution in [0.25, 0.3) is 0 Å². The van der Waals surface area contributed by atoms with Crippen LogP contribution in [0.5, 0.6) is 0 Å². The third-order valence-corrected chi connectivity index (χ3v) is 4.36. The molecule has 2 aromatic heterocycles. The zero-order valence-electron chi connectivity index (χ0n) is 14.8. The zero-order valence-corrected chi connectivity index (χ0v) is 14.8. The Morgan fingerprint density at radius 2 is 1.96 bits per heavy atom. The Balaban J connectivity index is 1.64. The van der Waals surface area contributed by atoms with Crippen LogP contribution >= 0.6 is 0 Å². The highest BCUT2D eigenvalue weighted by Gasteiger charge is 2.22. The fourth-order valence-electron chi connectivity index (χ4n) is 2.94. The standard InChI is InChI=1S/C16H22N6O4/c1-3-26-15(24)14-12(18-16(25)19-14)10-21-4-6-22(7-5-21)11-8-13(23)20(2)17-9-11/h8-9H,3-7,10H2,1-2H3,(H2,18,19,25). The summed E-state index contributed by atoms with van der Waals surface area (Å²) in [5.74, 6) is -0.536. The Labute approximate surface area is 149 Å². The van der Waals surface area contributed by atoms with Gasteiger partial charge in [-0.1, -0.05) is 0 Å². The minimum atomic E-state index is -0.536.